The van der Waals surface area contributed by atoms with Crippen LogP contribution >= 0.6 is 27.7 Å². The highest BCUT2D eigenvalue weighted by Crippen LogP contribution is 2.30. The molecule has 4 aromatic rings. The van der Waals surface area contributed by atoms with Gasteiger partial charge in [-0.05, 0) is 94.1 Å². The molecule has 0 atom stereocenters. The number of benzene rings is 3. The third kappa shape index (κ3) is 8.60. The van der Waals surface area contributed by atoms with Gasteiger partial charge in [0, 0.05) is 39.2 Å². The van der Waals surface area contributed by atoms with Gasteiger partial charge in [0.15, 0.2) is 0 Å². The lowest BCUT2D eigenvalue weighted by molar-refractivity contribution is 0.0448. The summed E-state index contributed by atoms with van der Waals surface area (Å²) in [6.07, 6.45) is 4.72. The molecule has 1 aliphatic heterocycles. The highest BCUT2D eigenvalue weighted by atomic mass is 79.9. The van der Waals surface area contributed by atoms with Gasteiger partial charge in [-0.2, -0.15) is 0 Å². The number of piperidine rings is 1. The van der Waals surface area contributed by atoms with Gasteiger partial charge < -0.3 is 20.3 Å². The van der Waals surface area contributed by atoms with Crippen molar-refractivity contribution >= 4 is 51.2 Å². The third-order valence-electron chi connectivity index (χ3n) is 7.25. The number of nitrogens with zero attached hydrogens (tertiary/aromatic N) is 3. The lowest BCUT2D eigenvalue weighted by Gasteiger charge is -2.40. The zero-order valence-corrected chi connectivity index (χ0v) is 27.7. The van der Waals surface area contributed by atoms with Crippen LogP contribution in [0.4, 0.5) is 16.3 Å². The van der Waals surface area contributed by atoms with Gasteiger partial charge in [-0.3, -0.25) is 4.79 Å². The van der Waals surface area contributed by atoms with Crippen molar-refractivity contribution in [2.75, 3.05) is 23.3 Å². The fraction of sp³-hybridized carbons (Fsp3) is 0.294. The fourth-order valence-corrected chi connectivity index (χ4v) is 5.90. The number of anilines is 2. The summed E-state index contributed by atoms with van der Waals surface area (Å²) in [5.41, 5.74) is 2.58. The Balaban J connectivity index is 1.14. The Labute approximate surface area is 271 Å². The van der Waals surface area contributed by atoms with Crippen LogP contribution in [0.3, 0.4) is 0 Å². The van der Waals surface area contributed by atoms with E-state index in [1.807, 2.05) is 93.6 Å². The van der Waals surface area contributed by atoms with Crippen molar-refractivity contribution in [3.05, 3.63) is 95.2 Å². The van der Waals surface area contributed by atoms with Crippen molar-refractivity contribution in [3.8, 4) is 11.1 Å². The summed E-state index contributed by atoms with van der Waals surface area (Å²) in [6, 6.07) is 23.3. The minimum atomic E-state index is -0.528. The van der Waals surface area contributed by atoms with Crippen LogP contribution in [0.15, 0.2) is 99.6 Å². The minimum Gasteiger partial charge on any atom is -0.444 e. The molecule has 228 valence electrons. The van der Waals surface area contributed by atoms with Gasteiger partial charge in [0.05, 0.1) is 12.4 Å². The molecule has 1 aliphatic rings. The Morgan fingerprint density at radius 1 is 0.932 bits per heavy atom. The fourth-order valence-electron chi connectivity index (χ4n) is 4.85. The molecule has 44 heavy (non-hydrogen) atoms. The second-order valence-electron chi connectivity index (χ2n) is 12.1. The van der Waals surface area contributed by atoms with E-state index in [1.54, 1.807) is 12.4 Å². The number of halogens is 1. The summed E-state index contributed by atoms with van der Waals surface area (Å²) < 4.78 is 6.46. The topological polar surface area (TPSA) is 96.5 Å². The maximum Gasteiger partial charge on any atom is 0.408 e. The highest BCUT2D eigenvalue weighted by molar-refractivity contribution is 9.10. The van der Waals surface area contributed by atoms with E-state index in [0.717, 1.165) is 57.3 Å². The zero-order valence-electron chi connectivity index (χ0n) is 25.3. The molecule has 3 aromatic carbocycles. The molecule has 2 N–H and O–H groups in total. The van der Waals surface area contributed by atoms with Crippen molar-refractivity contribution < 1.29 is 14.3 Å². The molecular weight excluding hydrogens is 638 g/mol. The monoisotopic (exact) mass is 673 g/mol. The van der Waals surface area contributed by atoms with Crippen molar-refractivity contribution in [2.24, 2.45) is 0 Å². The van der Waals surface area contributed by atoms with Gasteiger partial charge in [-0.15, -0.1) is 0 Å². The molecular formula is C34H36BrN5O3S. The van der Waals surface area contributed by atoms with Crippen LogP contribution in [0.1, 0.15) is 50.9 Å². The van der Waals surface area contributed by atoms with Gasteiger partial charge in [0.1, 0.15) is 16.4 Å². The highest BCUT2D eigenvalue weighted by Gasteiger charge is 2.33. The van der Waals surface area contributed by atoms with Crippen molar-refractivity contribution in [2.45, 2.75) is 61.6 Å². The summed E-state index contributed by atoms with van der Waals surface area (Å²) in [4.78, 5) is 37.6. The zero-order chi connectivity index (χ0) is 31.3. The number of rotatable bonds is 7. The van der Waals surface area contributed by atoms with Crippen LogP contribution in [0.2, 0.25) is 0 Å². The van der Waals surface area contributed by atoms with Crippen molar-refractivity contribution in [1.82, 2.24) is 15.3 Å². The molecule has 0 radical (unpaired) electrons. The van der Waals surface area contributed by atoms with Gasteiger partial charge >= 0.3 is 6.09 Å². The molecule has 0 spiro atoms. The predicted octanol–water partition coefficient (Wildman–Crippen LogP) is 8.19. The van der Waals surface area contributed by atoms with Crippen LogP contribution < -0.4 is 15.5 Å². The van der Waals surface area contributed by atoms with Crippen molar-refractivity contribution in [3.63, 3.8) is 0 Å². The number of carbonyl (C=O) groups is 2. The summed E-state index contributed by atoms with van der Waals surface area (Å²) >= 11 is 4.94. The second kappa shape index (κ2) is 13.4. The number of carbonyl (C=O) groups excluding carboxylic acids is 2. The third-order valence-corrected chi connectivity index (χ3v) is 8.69. The second-order valence-corrected chi connectivity index (χ2v) is 14.1. The van der Waals surface area contributed by atoms with E-state index in [-0.39, 0.29) is 17.5 Å². The molecule has 2 heterocycles. The minimum absolute atomic E-state index is 0.169. The number of ether oxygens (including phenoxy) is 1. The van der Waals surface area contributed by atoms with E-state index in [1.165, 1.54) is 11.8 Å². The van der Waals surface area contributed by atoms with E-state index in [0.29, 0.717) is 11.3 Å². The number of nitrogens with one attached hydrogen (secondary N) is 2. The van der Waals surface area contributed by atoms with Gasteiger partial charge in [-0.25, -0.2) is 14.8 Å². The molecule has 0 unspecified atom stereocenters. The maximum atomic E-state index is 12.9. The first-order valence-electron chi connectivity index (χ1n) is 14.5. The van der Waals surface area contributed by atoms with Crippen LogP contribution in [-0.4, -0.2) is 46.2 Å². The molecule has 10 heteroatoms. The van der Waals surface area contributed by atoms with Crippen molar-refractivity contribution in [1.29, 1.82) is 0 Å². The van der Waals surface area contributed by atoms with E-state index in [4.69, 9.17) is 4.74 Å². The standard InChI is InChI=1S/C34H36BrN5O3S/c1-33(2,3)43-32(42)39-34(4)16-18-40(19-17-34)29-21-37-30(22-36-29)44-28-7-5-6-27(20-28)38-31(41)25-10-8-23(9-11-25)24-12-14-26(35)15-13-24/h5-15,20-22H,16-19H2,1-4H3,(H,38,41)(H,39,42). The van der Waals surface area contributed by atoms with Gasteiger partial charge in [0.25, 0.3) is 5.91 Å². The molecule has 5 rings (SSSR count). The summed E-state index contributed by atoms with van der Waals surface area (Å²) in [5, 5.41) is 6.80. The lowest BCUT2D eigenvalue weighted by atomic mass is 9.90. The predicted molar refractivity (Wildman–Crippen MR) is 179 cm³/mol. The summed E-state index contributed by atoms with van der Waals surface area (Å²) in [5.74, 6) is 0.637. The Morgan fingerprint density at radius 3 is 2.20 bits per heavy atom. The van der Waals surface area contributed by atoms with E-state index < -0.39 is 5.60 Å². The Hall–Kier alpha value is -3.89. The number of hydrogen-bond acceptors (Lipinski definition) is 7. The lowest BCUT2D eigenvalue weighted by Crippen LogP contribution is -2.54. The average molecular weight is 675 g/mol. The molecule has 2 amide bonds. The Kier molecular flexibility index (Phi) is 9.60. The normalized spacial score (nSPS) is 14.5. The molecule has 1 fully saturated rings. The van der Waals surface area contributed by atoms with Gasteiger partial charge in [0.2, 0.25) is 0 Å². The smallest absolute Gasteiger partial charge is 0.408 e. The Bertz CT molecular complexity index is 1600. The van der Waals surface area contributed by atoms with E-state index in [2.05, 4.69) is 48.4 Å². The quantitative estimate of drug-likeness (QED) is 0.204. The molecule has 1 aromatic heterocycles. The van der Waals surface area contributed by atoms with Crippen LogP contribution in [0, 0.1) is 0 Å². The number of hydrogen-bond donors (Lipinski definition) is 2. The molecule has 0 bridgehead atoms. The molecule has 8 nitrogen and oxygen atoms in total. The van der Waals surface area contributed by atoms with E-state index >= 15 is 0 Å². The molecule has 0 saturated carbocycles. The number of amides is 2. The Morgan fingerprint density at radius 2 is 1.59 bits per heavy atom. The summed E-state index contributed by atoms with van der Waals surface area (Å²) in [6.45, 7) is 9.14. The van der Waals surface area contributed by atoms with Crippen LogP contribution in [0.25, 0.3) is 11.1 Å². The molecule has 1 saturated heterocycles. The first kappa shape index (κ1) is 31.5. The first-order chi connectivity index (χ1) is 20.9. The largest absolute Gasteiger partial charge is 0.444 e. The maximum absolute atomic E-state index is 12.9. The molecule has 0 aliphatic carbocycles. The first-order valence-corrected chi connectivity index (χ1v) is 16.1. The number of alkyl carbamates (subject to hydrolysis) is 1. The average Bonchev–Trinajstić information content (AvgIpc) is 2.97. The summed E-state index contributed by atoms with van der Waals surface area (Å²) in [7, 11) is 0. The van der Waals surface area contributed by atoms with Crippen LogP contribution in [0.5, 0.6) is 0 Å². The van der Waals surface area contributed by atoms with Gasteiger partial charge in [-0.1, -0.05) is 58.0 Å². The number of aromatic nitrogens is 2. The SMILES string of the molecule is CC1(NC(=O)OC(C)(C)C)CCN(c2cnc(Sc3cccc(NC(=O)c4ccc(-c5ccc(Br)cc5)cc4)c3)cn2)CC1. The van der Waals surface area contributed by atoms with E-state index in [9.17, 15) is 9.59 Å². The van der Waals surface area contributed by atoms with Crippen LogP contribution in [-0.2, 0) is 4.74 Å².